The van der Waals surface area contributed by atoms with Crippen LogP contribution in [0.4, 0.5) is 0 Å². The maximum atomic E-state index is 11.0. The summed E-state index contributed by atoms with van der Waals surface area (Å²) in [5, 5.41) is 9.01. The van der Waals surface area contributed by atoms with E-state index in [-0.39, 0.29) is 0 Å². The van der Waals surface area contributed by atoms with Crippen LogP contribution in [0, 0.1) is 12.3 Å². The fourth-order valence-electron chi connectivity index (χ4n) is 2.70. The van der Waals surface area contributed by atoms with E-state index in [0.717, 1.165) is 24.5 Å². The zero-order valence-electron chi connectivity index (χ0n) is 11.3. The lowest BCUT2D eigenvalue weighted by Crippen LogP contribution is -2.39. The SMILES string of the molecule is Cc1sc(C(=O)O)cc1CN1CCCC(C)(C)C1. The number of carboxylic acid groups (broad SMARTS) is 1. The van der Waals surface area contributed by atoms with Crippen LogP contribution in [0.2, 0.25) is 0 Å². The van der Waals surface area contributed by atoms with E-state index in [1.54, 1.807) is 0 Å². The lowest BCUT2D eigenvalue weighted by molar-refractivity contribution is 0.0701. The summed E-state index contributed by atoms with van der Waals surface area (Å²) < 4.78 is 0. The number of likely N-dealkylation sites (tertiary alicyclic amines) is 1. The summed E-state index contributed by atoms with van der Waals surface area (Å²) in [5.74, 6) is -0.812. The Hall–Kier alpha value is -0.870. The topological polar surface area (TPSA) is 40.5 Å². The van der Waals surface area contributed by atoms with Crippen molar-refractivity contribution >= 4 is 17.3 Å². The lowest BCUT2D eigenvalue weighted by atomic mass is 9.84. The van der Waals surface area contributed by atoms with Crippen molar-refractivity contribution in [3.8, 4) is 0 Å². The Morgan fingerprint density at radius 3 is 2.83 bits per heavy atom. The number of nitrogens with zero attached hydrogens (tertiary/aromatic N) is 1. The second kappa shape index (κ2) is 5.02. The Kier molecular flexibility index (Phi) is 3.78. The molecule has 0 bridgehead atoms. The third-order valence-electron chi connectivity index (χ3n) is 3.60. The van der Waals surface area contributed by atoms with Gasteiger partial charge in [-0.05, 0) is 43.4 Å². The molecule has 2 heterocycles. The highest BCUT2D eigenvalue weighted by Gasteiger charge is 2.26. The summed E-state index contributed by atoms with van der Waals surface area (Å²) in [7, 11) is 0. The summed E-state index contributed by atoms with van der Waals surface area (Å²) in [4.78, 5) is 15.0. The molecule has 1 aromatic heterocycles. The van der Waals surface area contributed by atoms with Crippen LogP contribution in [0.15, 0.2) is 6.07 Å². The maximum absolute atomic E-state index is 11.0. The van der Waals surface area contributed by atoms with E-state index < -0.39 is 5.97 Å². The van der Waals surface area contributed by atoms with Gasteiger partial charge >= 0.3 is 5.97 Å². The van der Waals surface area contributed by atoms with Crippen LogP contribution >= 0.6 is 11.3 Å². The Morgan fingerprint density at radius 1 is 1.56 bits per heavy atom. The highest BCUT2D eigenvalue weighted by molar-refractivity contribution is 7.14. The summed E-state index contributed by atoms with van der Waals surface area (Å²) in [5.41, 5.74) is 1.56. The van der Waals surface area contributed by atoms with Gasteiger partial charge in [0.05, 0.1) is 0 Å². The number of thiophene rings is 1. The molecule has 3 nitrogen and oxygen atoms in total. The highest BCUT2D eigenvalue weighted by atomic mass is 32.1. The Bertz CT molecular complexity index is 451. The minimum Gasteiger partial charge on any atom is -0.477 e. The normalized spacial score (nSPS) is 19.9. The third-order valence-corrected chi connectivity index (χ3v) is 4.69. The fraction of sp³-hybridized carbons (Fsp3) is 0.643. The summed E-state index contributed by atoms with van der Waals surface area (Å²) in [6.45, 7) is 9.75. The smallest absolute Gasteiger partial charge is 0.345 e. The molecule has 0 amide bonds. The van der Waals surface area contributed by atoms with Crippen molar-refractivity contribution in [2.24, 2.45) is 5.41 Å². The molecule has 1 saturated heterocycles. The van der Waals surface area contributed by atoms with Crippen molar-refractivity contribution in [3.05, 3.63) is 21.4 Å². The molecule has 2 rings (SSSR count). The first kappa shape index (κ1) is 13.6. The molecule has 0 spiro atoms. The number of rotatable bonds is 3. The van der Waals surface area contributed by atoms with Crippen LogP contribution in [0.1, 0.15) is 46.8 Å². The minimum absolute atomic E-state index is 0.387. The standard InChI is InChI=1S/C14H21NO2S/c1-10-11(7-12(18-10)13(16)17)8-15-6-4-5-14(2,3)9-15/h7H,4-6,8-9H2,1-3H3,(H,16,17). The summed E-state index contributed by atoms with van der Waals surface area (Å²) >= 11 is 1.38. The van der Waals surface area contributed by atoms with Gasteiger partial charge in [-0.2, -0.15) is 0 Å². The van der Waals surface area contributed by atoms with Gasteiger partial charge in [0.25, 0.3) is 0 Å². The molecular weight excluding hydrogens is 246 g/mol. The summed E-state index contributed by atoms with van der Waals surface area (Å²) in [6, 6.07) is 1.84. The van der Waals surface area contributed by atoms with Crippen molar-refractivity contribution in [2.45, 2.75) is 40.2 Å². The van der Waals surface area contributed by atoms with Gasteiger partial charge in [-0.1, -0.05) is 13.8 Å². The van der Waals surface area contributed by atoms with Gasteiger partial charge in [-0.3, -0.25) is 4.90 Å². The van der Waals surface area contributed by atoms with Crippen LogP contribution in [0.5, 0.6) is 0 Å². The van der Waals surface area contributed by atoms with Gasteiger partial charge < -0.3 is 5.11 Å². The monoisotopic (exact) mass is 267 g/mol. The molecule has 0 saturated carbocycles. The van der Waals surface area contributed by atoms with Crippen LogP contribution in [-0.2, 0) is 6.54 Å². The molecule has 0 aromatic carbocycles. The van der Waals surface area contributed by atoms with E-state index in [1.807, 2.05) is 13.0 Å². The van der Waals surface area contributed by atoms with Crippen molar-refractivity contribution in [1.82, 2.24) is 4.90 Å². The average Bonchev–Trinajstić information content (AvgIpc) is 2.59. The van der Waals surface area contributed by atoms with Crippen molar-refractivity contribution in [1.29, 1.82) is 0 Å². The Balaban J connectivity index is 2.07. The predicted molar refractivity (Wildman–Crippen MR) is 74.3 cm³/mol. The molecule has 1 aliphatic rings. The van der Waals surface area contributed by atoms with E-state index in [1.165, 1.54) is 29.7 Å². The Morgan fingerprint density at radius 2 is 2.28 bits per heavy atom. The predicted octanol–water partition coefficient (Wildman–Crippen LogP) is 3.38. The number of aryl methyl sites for hydroxylation is 1. The number of hydrogen-bond acceptors (Lipinski definition) is 3. The molecular formula is C14H21NO2S. The molecule has 0 aliphatic carbocycles. The molecule has 1 N–H and O–H groups in total. The van der Waals surface area contributed by atoms with Crippen LogP contribution in [0.25, 0.3) is 0 Å². The second-order valence-corrected chi connectivity index (χ2v) is 7.23. The number of aromatic carboxylic acids is 1. The first-order valence-corrected chi connectivity index (χ1v) is 7.24. The number of carbonyl (C=O) groups is 1. The van der Waals surface area contributed by atoms with Crippen LogP contribution in [-0.4, -0.2) is 29.1 Å². The molecule has 0 radical (unpaired) electrons. The molecule has 18 heavy (non-hydrogen) atoms. The van der Waals surface area contributed by atoms with Crippen molar-refractivity contribution in [3.63, 3.8) is 0 Å². The molecule has 1 aliphatic heterocycles. The molecule has 100 valence electrons. The zero-order chi connectivity index (χ0) is 13.3. The summed E-state index contributed by atoms with van der Waals surface area (Å²) in [6.07, 6.45) is 2.52. The molecule has 1 fully saturated rings. The highest BCUT2D eigenvalue weighted by Crippen LogP contribution is 2.30. The maximum Gasteiger partial charge on any atom is 0.345 e. The Labute approximate surface area is 112 Å². The third kappa shape index (κ3) is 3.12. The van der Waals surface area contributed by atoms with E-state index in [0.29, 0.717) is 10.3 Å². The van der Waals surface area contributed by atoms with E-state index in [2.05, 4.69) is 18.7 Å². The van der Waals surface area contributed by atoms with Gasteiger partial charge in [-0.25, -0.2) is 4.79 Å². The van der Waals surface area contributed by atoms with Gasteiger partial charge in [0.1, 0.15) is 4.88 Å². The quantitative estimate of drug-likeness (QED) is 0.912. The van der Waals surface area contributed by atoms with Gasteiger partial charge in [0.2, 0.25) is 0 Å². The van der Waals surface area contributed by atoms with Gasteiger partial charge in [0.15, 0.2) is 0 Å². The van der Waals surface area contributed by atoms with E-state index in [4.69, 9.17) is 5.11 Å². The average molecular weight is 267 g/mol. The number of carboxylic acids is 1. The van der Waals surface area contributed by atoms with E-state index >= 15 is 0 Å². The number of piperidine rings is 1. The van der Waals surface area contributed by atoms with Gasteiger partial charge in [-0.15, -0.1) is 11.3 Å². The molecule has 4 heteroatoms. The first-order valence-electron chi connectivity index (χ1n) is 6.42. The van der Waals surface area contributed by atoms with Crippen molar-refractivity contribution in [2.75, 3.05) is 13.1 Å². The van der Waals surface area contributed by atoms with Gasteiger partial charge in [0, 0.05) is 18.0 Å². The van der Waals surface area contributed by atoms with Crippen molar-refractivity contribution < 1.29 is 9.90 Å². The fourth-order valence-corrected chi connectivity index (χ4v) is 3.58. The van der Waals surface area contributed by atoms with E-state index in [9.17, 15) is 4.79 Å². The largest absolute Gasteiger partial charge is 0.477 e. The lowest BCUT2D eigenvalue weighted by Gasteiger charge is -2.38. The van der Waals surface area contributed by atoms with Crippen LogP contribution < -0.4 is 0 Å². The second-order valence-electron chi connectivity index (χ2n) is 5.98. The zero-order valence-corrected chi connectivity index (χ0v) is 12.1. The molecule has 0 atom stereocenters. The van der Waals surface area contributed by atoms with Crippen LogP contribution in [0.3, 0.4) is 0 Å². The number of hydrogen-bond donors (Lipinski definition) is 1. The minimum atomic E-state index is -0.812. The molecule has 1 aromatic rings. The first-order chi connectivity index (χ1) is 8.37. The molecule has 0 unspecified atom stereocenters.